The molecule has 0 fully saturated rings. The van der Waals surface area contributed by atoms with Crippen LogP contribution in [0.25, 0.3) is 10.2 Å². The summed E-state index contributed by atoms with van der Waals surface area (Å²) in [7, 11) is 3.96. The largest absolute Gasteiger partial charge is 0.494 e. The maximum Gasteiger partial charge on any atom is 0.298 e. The smallest absolute Gasteiger partial charge is 0.298 e. The minimum Gasteiger partial charge on any atom is -0.494 e. The number of thiazole rings is 1. The number of aromatic nitrogens is 1. The van der Waals surface area contributed by atoms with E-state index in [1.807, 2.05) is 25.9 Å². The molecule has 0 spiro atoms. The normalized spacial score (nSPS) is 13.7. The van der Waals surface area contributed by atoms with Crippen LogP contribution < -0.4 is 4.90 Å². The van der Waals surface area contributed by atoms with E-state index < -0.39 is 0 Å². The van der Waals surface area contributed by atoms with Crippen molar-refractivity contribution < 1.29 is 14.3 Å². The number of fused-ring (bicyclic) bond motifs is 1. The van der Waals surface area contributed by atoms with E-state index in [0.717, 1.165) is 22.3 Å². The number of hydrogen-bond donors (Lipinski definition) is 0. The highest BCUT2D eigenvalue weighted by Gasteiger charge is 2.26. The Morgan fingerprint density at radius 3 is 2.65 bits per heavy atom. The molecule has 0 unspecified atom stereocenters. The highest BCUT2D eigenvalue weighted by atomic mass is 35.5. The molecule has 2 heterocycles. The second-order valence-corrected chi connectivity index (χ2v) is 7.40. The lowest BCUT2D eigenvalue weighted by Crippen LogP contribution is -2.38. The summed E-state index contributed by atoms with van der Waals surface area (Å²) in [6, 6.07) is 4.22. The van der Waals surface area contributed by atoms with E-state index in [2.05, 4.69) is 19.1 Å². The number of halogens is 1. The van der Waals surface area contributed by atoms with Crippen LogP contribution in [0.3, 0.4) is 0 Å². The molecule has 8 heteroatoms. The van der Waals surface area contributed by atoms with Crippen LogP contribution in [0.2, 0.25) is 0 Å². The maximum absolute atomic E-state index is 12.9. The Morgan fingerprint density at radius 2 is 2.00 bits per heavy atom. The van der Waals surface area contributed by atoms with Crippen molar-refractivity contribution >= 4 is 45.0 Å². The second-order valence-electron chi connectivity index (χ2n) is 6.39. The van der Waals surface area contributed by atoms with Gasteiger partial charge in [-0.1, -0.05) is 17.4 Å². The Morgan fingerprint density at radius 1 is 1.23 bits per heavy atom. The molecule has 0 radical (unpaired) electrons. The first kappa shape index (κ1) is 20.5. The first-order chi connectivity index (χ1) is 12.0. The third-order valence-corrected chi connectivity index (χ3v) is 4.95. The van der Waals surface area contributed by atoms with Crippen LogP contribution >= 0.6 is 23.7 Å². The van der Waals surface area contributed by atoms with Crippen LogP contribution in [0, 0.1) is 13.8 Å². The van der Waals surface area contributed by atoms with Gasteiger partial charge in [-0.3, -0.25) is 9.69 Å². The van der Waals surface area contributed by atoms with Crippen molar-refractivity contribution in [3.63, 3.8) is 0 Å². The first-order valence-corrected chi connectivity index (χ1v) is 9.06. The van der Waals surface area contributed by atoms with Gasteiger partial charge in [0.2, 0.25) is 5.76 Å². The van der Waals surface area contributed by atoms with Crippen LogP contribution in [0.15, 0.2) is 24.2 Å². The number of amides is 1. The summed E-state index contributed by atoms with van der Waals surface area (Å²) in [4.78, 5) is 21.4. The number of benzene rings is 1. The topological polar surface area (TPSA) is 54.9 Å². The average molecular weight is 398 g/mol. The number of aryl methyl sites for hydroxylation is 2. The van der Waals surface area contributed by atoms with Crippen molar-refractivity contribution in [2.75, 3.05) is 45.3 Å². The molecule has 1 aromatic carbocycles. The van der Waals surface area contributed by atoms with Gasteiger partial charge in [0.05, 0.1) is 10.2 Å². The summed E-state index contributed by atoms with van der Waals surface area (Å²) in [6.45, 7) is 6.23. The van der Waals surface area contributed by atoms with E-state index in [9.17, 15) is 4.79 Å². The van der Waals surface area contributed by atoms with Crippen molar-refractivity contribution in [3.8, 4) is 0 Å². The molecule has 0 bridgehead atoms. The fraction of sp³-hybridized carbons (Fsp3) is 0.444. The summed E-state index contributed by atoms with van der Waals surface area (Å²) < 4.78 is 11.8. The maximum atomic E-state index is 12.9. The molecule has 6 nitrogen and oxygen atoms in total. The minimum atomic E-state index is -0.213. The van der Waals surface area contributed by atoms with Gasteiger partial charge in [-0.25, -0.2) is 4.98 Å². The Balaban J connectivity index is 0.00000243. The molecule has 26 heavy (non-hydrogen) atoms. The van der Waals surface area contributed by atoms with Crippen molar-refractivity contribution in [3.05, 3.63) is 35.3 Å². The number of carbonyl (C=O) groups excluding carboxylic acids is 1. The summed E-state index contributed by atoms with van der Waals surface area (Å²) in [6.07, 6.45) is 1.40. The molecule has 0 saturated heterocycles. The molecular weight excluding hydrogens is 374 g/mol. The predicted octanol–water partition coefficient (Wildman–Crippen LogP) is 3.12. The number of anilines is 1. The van der Waals surface area contributed by atoms with Crippen molar-refractivity contribution in [2.45, 2.75) is 13.8 Å². The van der Waals surface area contributed by atoms with E-state index in [1.165, 1.54) is 23.2 Å². The van der Waals surface area contributed by atoms with E-state index in [4.69, 9.17) is 14.5 Å². The van der Waals surface area contributed by atoms with Gasteiger partial charge >= 0.3 is 0 Å². The molecule has 0 aliphatic carbocycles. The average Bonchev–Trinajstić information content (AvgIpc) is 2.99. The van der Waals surface area contributed by atoms with Crippen LogP contribution in [-0.2, 0) is 14.3 Å². The third-order valence-electron chi connectivity index (χ3n) is 3.93. The highest BCUT2D eigenvalue weighted by molar-refractivity contribution is 7.22. The number of likely N-dealkylation sites (N-methyl/N-ethyl adjacent to an activating group) is 1. The predicted molar refractivity (Wildman–Crippen MR) is 107 cm³/mol. The molecule has 3 rings (SSSR count). The van der Waals surface area contributed by atoms with Crippen LogP contribution in [0.4, 0.5) is 5.13 Å². The van der Waals surface area contributed by atoms with E-state index >= 15 is 0 Å². The molecule has 0 atom stereocenters. The first-order valence-electron chi connectivity index (χ1n) is 8.24. The van der Waals surface area contributed by atoms with E-state index in [0.29, 0.717) is 24.9 Å². The van der Waals surface area contributed by atoms with E-state index in [1.54, 1.807) is 4.90 Å². The molecule has 1 aromatic heterocycles. The Kier molecular flexibility index (Phi) is 6.86. The lowest BCUT2D eigenvalue weighted by atomic mass is 10.1. The molecule has 142 valence electrons. The SMILES string of the molecule is Cc1cc(C)c2nc(N(CCN(C)C)C(=O)C3=COCCO3)sc2c1.Cl. The molecule has 0 N–H and O–H groups in total. The van der Waals surface area contributed by atoms with Gasteiger partial charge in [-0.2, -0.15) is 0 Å². The quantitative estimate of drug-likeness (QED) is 0.775. The zero-order valence-corrected chi connectivity index (χ0v) is 17.1. The lowest BCUT2D eigenvalue weighted by Gasteiger charge is -2.24. The van der Waals surface area contributed by atoms with Gasteiger partial charge in [0.15, 0.2) is 5.13 Å². The van der Waals surface area contributed by atoms with Gasteiger partial charge < -0.3 is 14.4 Å². The Hall–Kier alpha value is -1.83. The van der Waals surface area contributed by atoms with Crippen molar-refractivity contribution in [1.29, 1.82) is 0 Å². The van der Waals surface area contributed by atoms with Crippen molar-refractivity contribution in [1.82, 2.24) is 9.88 Å². The Labute approximate surface area is 163 Å². The van der Waals surface area contributed by atoms with Crippen LogP contribution in [0.5, 0.6) is 0 Å². The number of rotatable bonds is 5. The number of hydrogen-bond acceptors (Lipinski definition) is 6. The number of ether oxygens (including phenoxy) is 2. The molecule has 1 aliphatic heterocycles. The molecule has 2 aromatic rings. The summed E-state index contributed by atoms with van der Waals surface area (Å²) in [5, 5.41) is 0.686. The minimum absolute atomic E-state index is 0. The van der Waals surface area contributed by atoms with Crippen LogP contribution in [0.1, 0.15) is 11.1 Å². The lowest BCUT2D eigenvalue weighted by molar-refractivity contribution is -0.119. The van der Waals surface area contributed by atoms with Gasteiger partial charge in [0.1, 0.15) is 19.5 Å². The zero-order chi connectivity index (χ0) is 18.0. The molecule has 0 saturated carbocycles. The van der Waals surface area contributed by atoms with E-state index in [-0.39, 0.29) is 24.1 Å². The highest BCUT2D eigenvalue weighted by Crippen LogP contribution is 2.32. The fourth-order valence-corrected chi connectivity index (χ4v) is 3.84. The van der Waals surface area contributed by atoms with Gasteiger partial charge in [0.25, 0.3) is 5.91 Å². The summed E-state index contributed by atoms with van der Waals surface area (Å²) >= 11 is 1.53. The number of nitrogens with zero attached hydrogens (tertiary/aromatic N) is 3. The molecule has 1 aliphatic rings. The third kappa shape index (κ3) is 4.47. The zero-order valence-electron chi connectivity index (χ0n) is 15.4. The second kappa shape index (κ2) is 8.70. The number of carbonyl (C=O) groups is 1. The summed E-state index contributed by atoms with van der Waals surface area (Å²) in [5.74, 6) is 0.0205. The van der Waals surface area contributed by atoms with Crippen LogP contribution in [-0.4, -0.2) is 56.2 Å². The van der Waals surface area contributed by atoms with Crippen molar-refractivity contribution in [2.24, 2.45) is 0 Å². The summed E-state index contributed by atoms with van der Waals surface area (Å²) in [5.41, 5.74) is 3.26. The fourth-order valence-electron chi connectivity index (χ4n) is 2.67. The Bertz CT molecular complexity index is 819. The molecule has 1 amide bonds. The van der Waals surface area contributed by atoms with Gasteiger partial charge in [-0.05, 0) is 45.1 Å². The monoisotopic (exact) mass is 397 g/mol. The van der Waals surface area contributed by atoms with Gasteiger partial charge in [-0.15, -0.1) is 12.4 Å². The molecular formula is C18H24ClN3O3S. The van der Waals surface area contributed by atoms with Gasteiger partial charge in [0, 0.05) is 13.1 Å². The standard InChI is InChI=1S/C18H23N3O3S.ClH/c1-12-9-13(2)16-15(10-12)25-18(19-16)21(6-5-20(3)4)17(22)14-11-23-7-8-24-14;/h9-11H,5-8H2,1-4H3;1H.